The van der Waals surface area contributed by atoms with Gasteiger partial charge in [-0.3, -0.25) is 0 Å². The summed E-state index contributed by atoms with van der Waals surface area (Å²) in [5, 5.41) is 10.8. The van der Waals surface area contributed by atoms with E-state index in [1.807, 2.05) is 35.3 Å². The molecule has 0 bridgehead atoms. The van der Waals surface area contributed by atoms with Gasteiger partial charge in [-0.15, -0.1) is 0 Å². The molecule has 1 aliphatic heterocycles. The summed E-state index contributed by atoms with van der Waals surface area (Å²) in [5.74, 6) is 0. The van der Waals surface area contributed by atoms with Crippen molar-refractivity contribution in [2.75, 3.05) is 25.1 Å². The van der Waals surface area contributed by atoms with E-state index in [0.29, 0.717) is 13.2 Å². The molecule has 1 atom stereocenters. The van der Waals surface area contributed by atoms with Gasteiger partial charge in [0.2, 0.25) is 0 Å². The molecule has 1 aromatic rings. The Bertz CT molecular complexity index is 347. The van der Waals surface area contributed by atoms with E-state index in [4.69, 9.17) is 10.00 Å². The van der Waals surface area contributed by atoms with E-state index in [9.17, 15) is 0 Å². The third-order valence-electron chi connectivity index (χ3n) is 2.27. The SMILES string of the molecule is N#C[C@H]1CN(Nc2ccccc2)CCO1. The van der Waals surface area contributed by atoms with Crippen molar-refractivity contribution in [3.8, 4) is 6.07 Å². The third kappa shape index (κ3) is 2.69. The van der Waals surface area contributed by atoms with Gasteiger partial charge in [0, 0.05) is 12.2 Å². The number of nitrogens with one attached hydrogen (secondary N) is 1. The number of para-hydroxylation sites is 1. The molecule has 0 amide bonds. The first-order valence-corrected chi connectivity index (χ1v) is 4.96. The van der Waals surface area contributed by atoms with Crippen LogP contribution in [0, 0.1) is 11.3 Å². The molecular formula is C11H13N3O. The van der Waals surface area contributed by atoms with E-state index in [2.05, 4.69) is 11.5 Å². The van der Waals surface area contributed by atoms with Crippen LogP contribution < -0.4 is 5.43 Å². The minimum absolute atomic E-state index is 0.324. The number of anilines is 1. The standard InChI is InChI=1S/C11H13N3O/c12-8-11-9-14(6-7-15-11)13-10-4-2-1-3-5-10/h1-5,11,13H,6-7,9H2/t11-/m0/s1. The van der Waals surface area contributed by atoms with Crippen LogP contribution in [0.2, 0.25) is 0 Å². The second kappa shape index (κ2) is 4.78. The number of benzene rings is 1. The molecular weight excluding hydrogens is 190 g/mol. The number of morpholine rings is 1. The predicted molar refractivity (Wildman–Crippen MR) is 57.0 cm³/mol. The molecule has 0 spiro atoms. The Labute approximate surface area is 89.0 Å². The van der Waals surface area contributed by atoms with Gasteiger partial charge in [-0.05, 0) is 12.1 Å². The molecule has 0 radical (unpaired) electrons. The fourth-order valence-corrected chi connectivity index (χ4v) is 1.52. The third-order valence-corrected chi connectivity index (χ3v) is 2.27. The topological polar surface area (TPSA) is 48.3 Å². The second-order valence-corrected chi connectivity index (χ2v) is 3.41. The average molecular weight is 203 g/mol. The molecule has 4 heteroatoms. The van der Waals surface area contributed by atoms with E-state index in [1.165, 1.54) is 0 Å². The number of nitriles is 1. The molecule has 0 aliphatic carbocycles. The van der Waals surface area contributed by atoms with Crippen LogP contribution in [-0.2, 0) is 4.74 Å². The maximum Gasteiger partial charge on any atom is 0.158 e. The molecule has 1 saturated heterocycles. The first-order chi connectivity index (χ1) is 7.38. The van der Waals surface area contributed by atoms with Gasteiger partial charge >= 0.3 is 0 Å². The van der Waals surface area contributed by atoms with E-state index in [-0.39, 0.29) is 6.10 Å². The molecule has 15 heavy (non-hydrogen) atoms. The van der Waals surface area contributed by atoms with Crippen molar-refractivity contribution in [1.82, 2.24) is 5.01 Å². The Hall–Kier alpha value is -1.57. The highest BCUT2D eigenvalue weighted by Gasteiger charge is 2.19. The smallest absolute Gasteiger partial charge is 0.158 e. The Balaban J connectivity index is 1.93. The van der Waals surface area contributed by atoms with Gasteiger partial charge in [0.15, 0.2) is 6.10 Å². The van der Waals surface area contributed by atoms with Crippen LogP contribution in [0.25, 0.3) is 0 Å². The first kappa shape index (κ1) is 9.97. The van der Waals surface area contributed by atoms with E-state index in [0.717, 1.165) is 12.2 Å². The molecule has 1 N–H and O–H groups in total. The summed E-state index contributed by atoms with van der Waals surface area (Å²) < 4.78 is 5.25. The number of rotatable bonds is 2. The zero-order valence-electron chi connectivity index (χ0n) is 8.39. The van der Waals surface area contributed by atoms with Crippen LogP contribution in [0.1, 0.15) is 0 Å². The number of nitrogens with zero attached hydrogens (tertiary/aromatic N) is 2. The summed E-state index contributed by atoms with van der Waals surface area (Å²) in [6.45, 7) is 2.00. The monoisotopic (exact) mass is 203 g/mol. The lowest BCUT2D eigenvalue weighted by atomic mass is 10.3. The zero-order chi connectivity index (χ0) is 10.5. The van der Waals surface area contributed by atoms with Crippen LogP contribution in [0.5, 0.6) is 0 Å². The average Bonchev–Trinajstić information content (AvgIpc) is 2.31. The quantitative estimate of drug-likeness (QED) is 0.785. The Morgan fingerprint density at radius 1 is 1.40 bits per heavy atom. The number of hydrazine groups is 1. The molecule has 1 aromatic carbocycles. The zero-order valence-corrected chi connectivity index (χ0v) is 8.39. The molecule has 2 rings (SSSR count). The summed E-state index contributed by atoms with van der Waals surface area (Å²) in [4.78, 5) is 0. The normalized spacial score (nSPS) is 21.9. The molecule has 0 aromatic heterocycles. The van der Waals surface area contributed by atoms with Gasteiger partial charge < -0.3 is 10.2 Å². The number of hydrogen-bond donors (Lipinski definition) is 1. The molecule has 78 valence electrons. The highest BCUT2D eigenvalue weighted by atomic mass is 16.5. The lowest BCUT2D eigenvalue weighted by Gasteiger charge is -2.30. The number of ether oxygens (including phenoxy) is 1. The van der Waals surface area contributed by atoms with Crippen molar-refractivity contribution in [3.63, 3.8) is 0 Å². The highest BCUT2D eigenvalue weighted by Crippen LogP contribution is 2.09. The van der Waals surface area contributed by atoms with Crippen molar-refractivity contribution in [2.45, 2.75) is 6.10 Å². The largest absolute Gasteiger partial charge is 0.360 e. The molecule has 0 saturated carbocycles. The fourth-order valence-electron chi connectivity index (χ4n) is 1.52. The van der Waals surface area contributed by atoms with Gasteiger partial charge in [-0.2, -0.15) is 5.26 Å². The van der Waals surface area contributed by atoms with Crippen molar-refractivity contribution in [2.24, 2.45) is 0 Å². The predicted octanol–water partition coefficient (Wildman–Crippen LogP) is 1.24. The summed E-state index contributed by atoms with van der Waals surface area (Å²) in [5.41, 5.74) is 4.29. The molecule has 1 fully saturated rings. The molecule has 1 aliphatic rings. The summed E-state index contributed by atoms with van der Waals surface area (Å²) >= 11 is 0. The number of hydrogen-bond acceptors (Lipinski definition) is 4. The van der Waals surface area contributed by atoms with Crippen LogP contribution >= 0.6 is 0 Å². The van der Waals surface area contributed by atoms with Gasteiger partial charge in [-0.25, -0.2) is 5.01 Å². The Morgan fingerprint density at radius 3 is 2.93 bits per heavy atom. The maximum atomic E-state index is 8.75. The van der Waals surface area contributed by atoms with Crippen molar-refractivity contribution in [1.29, 1.82) is 5.26 Å². The summed E-state index contributed by atoms with van der Waals surface area (Å²) in [6, 6.07) is 12.0. The van der Waals surface area contributed by atoms with Crippen molar-refractivity contribution >= 4 is 5.69 Å². The molecule has 4 nitrogen and oxygen atoms in total. The van der Waals surface area contributed by atoms with E-state index < -0.39 is 0 Å². The minimum Gasteiger partial charge on any atom is -0.360 e. The van der Waals surface area contributed by atoms with E-state index >= 15 is 0 Å². The van der Waals surface area contributed by atoms with Crippen molar-refractivity contribution in [3.05, 3.63) is 30.3 Å². The van der Waals surface area contributed by atoms with Gasteiger partial charge in [0.1, 0.15) is 0 Å². The van der Waals surface area contributed by atoms with Crippen LogP contribution in [-0.4, -0.2) is 30.8 Å². The second-order valence-electron chi connectivity index (χ2n) is 3.41. The van der Waals surface area contributed by atoms with E-state index in [1.54, 1.807) is 0 Å². The lowest BCUT2D eigenvalue weighted by molar-refractivity contribution is 0.0105. The Kier molecular flexibility index (Phi) is 3.18. The molecule has 0 unspecified atom stereocenters. The van der Waals surface area contributed by atoms with Crippen molar-refractivity contribution < 1.29 is 4.74 Å². The molecule has 1 heterocycles. The van der Waals surface area contributed by atoms with Gasteiger partial charge in [0.05, 0.1) is 19.2 Å². The fraction of sp³-hybridized carbons (Fsp3) is 0.364. The Morgan fingerprint density at radius 2 is 2.20 bits per heavy atom. The van der Waals surface area contributed by atoms with Crippen LogP contribution in [0.4, 0.5) is 5.69 Å². The lowest BCUT2D eigenvalue weighted by Crippen LogP contribution is -2.44. The van der Waals surface area contributed by atoms with Crippen LogP contribution in [0.3, 0.4) is 0 Å². The minimum atomic E-state index is -0.324. The summed E-state index contributed by atoms with van der Waals surface area (Å²) in [6.07, 6.45) is -0.324. The highest BCUT2D eigenvalue weighted by molar-refractivity contribution is 5.41. The van der Waals surface area contributed by atoms with Crippen LogP contribution in [0.15, 0.2) is 30.3 Å². The first-order valence-electron chi connectivity index (χ1n) is 4.96. The maximum absolute atomic E-state index is 8.75. The summed E-state index contributed by atoms with van der Waals surface area (Å²) in [7, 11) is 0. The van der Waals surface area contributed by atoms with Gasteiger partial charge in [-0.1, -0.05) is 18.2 Å². The van der Waals surface area contributed by atoms with Gasteiger partial charge in [0.25, 0.3) is 0 Å².